The van der Waals surface area contributed by atoms with Gasteiger partial charge in [0.1, 0.15) is 11.8 Å². The number of carbonyl (C=O) groups excluding carboxylic acids is 3. The standard InChI is InChI=1S/C28H38N2O5/c1-4-35-28(33)18(2)30(17-21-10-6-9-20(14-21)13-19-7-5-8-19)27(32)26(31)24-16-29-25-15-22(34-3)11-12-23(24)25/h11-12,15-16,18-21,29H,4-10,13-14,17H2,1-3H3. The van der Waals surface area contributed by atoms with Crippen molar-refractivity contribution in [2.75, 3.05) is 20.3 Å². The number of Topliss-reactive ketones (excluding diaryl/α,β-unsaturated/α-hetero) is 1. The van der Waals surface area contributed by atoms with Gasteiger partial charge in [-0.2, -0.15) is 0 Å². The van der Waals surface area contributed by atoms with Crippen LogP contribution in [0, 0.1) is 17.8 Å². The number of hydrogen-bond acceptors (Lipinski definition) is 5. The number of carbonyl (C=O) groups is 3. The topological polar surface area (TPSA) is 88.7 Å². The van der Waals surface area contributed by atoms with E-state index < -0.39 is 23.7 Å². The van der Waals surface area contributed by atoms with Crippen LogP contribution in [0.3, 0.4) is 0 Å². The number of aromatic amines is 1. The molecule has 2 aliphatic rings. The highest BCUT2D eigenvalue weighted by molar-refractivity contribution is 6.45. The fourth-order valence-electron chi connectivity index (χ4n) is 5.73. The van der Waals surface area contributed by atoms with E-state index in [9.17, 15) is 14.4 Å². The Morgan fingerprint density at radius 3 is 2.49 bits per heavy atom. The molecule has 1 N–H and O–H groups in total. The highest BCUT2D eigenvalue weighted by Gasteiger charge is 2.36. The SMILES string of the molecule is CCOC(=O)C(C)N(CC1CCCC(CC2CCC2)C1)C(=O)C(=O)c1c[nH]c2cc(OC)ccc12. The van der Waals surface area contributed by atoms with E-state index in [0.717, 1.165) is 30.7 Å². The summed E-state index contributed by atoms with van der Waals surface area (Å²) in [5, 5.41) is 0.658. The number of ether oxygens (including phenoxy) is 2. The highest BCUT2D eigenvalue weighted by Crippen LogP contribution is 2.39. The summed E-state index contributed by atoms with van der Waals surface area (Å²) in [6, 6.07) is 4.51. The summed E-state index contributed by atoms with van der Waals surface area (Å²) in [6.45, 7) is 4.05. The number of nitrogens with zero attached hydrogens (tertiary/aromatic N) is 1. The lowest BCUT2D eigenvalue weighted by atomic mass is 9.72. The van der Waals surface area contributed by atoms with Crippen LogP contribution in [0.4, 0.5) is 0 Å². The number of rotatable bonds is 10. The van der Waals surface area contributed by atoms with Crippen molar-refractivity contribution in [3.05, 3.63) is 30.0 Å². The molecule has 1 heterocycles. The maximum atomic E-state index is 13.6. The van der Waals surface area contributed by atoms with Gasteiger partial charge in [-0.1, -0.05) is 32.1 Å². The van der Waals surface area contributed by atoms with Gasteiger partial charge in [0, 0.05) is 29.7 Å². The molecule has 2 aliphatic carbocycles. The predicted octanol–water partition coefficient (Wildman–Crippen LogP) is 5.14. The summed E-state index contributed by atoms with van der Waals surface area (Å²) in [7, 11) is 1.58. The van der Waals surface area contributed by atoms with Crippen molar-refractivity contribution in [2.24, 2.45) is 17.8 Å². The van der Waals surface area contributed by atoms with Crippen LogP contribution < -0.4 is 4.74 Å². The third-order valence-electron chi connectivity index (χ3n) is 7.92. The zero-order chi connectivity index (χ0) is 24.9. The molecule has 7 heteroatoms. The third kappa shape index (κ3) is 5.71. The van der Waals surface area contributed by atoms with Crippen LogP contribution in [0.5, 0.6) is 5.75 Å². The zero-order valence-corrected chi connectivity index (χ0v) is 21.2. The molecular weight excluding hydrogens is 444 g/mol. The number of esters is 1. The average Bonchev–Trinajstić information content (AvgIpc) is 3.27. The molecule has 2 saturated carbocycles. The van der Waals surface area contributed by atoms with Crippen LogP contribution in [0.2, 0.25) is 0 Å². The molecule has 35 heavy (non-hydrogen) atoms. The number of H-pyrrole nitrogens is 1. The molecule has 0 aliphatic heterocycles. The van der Waals surface area contributed by atoms with Crippen molar-refractivity contribution < 1.29 is 23.9 Å². The Balaban J connectivity index is 1.53. The van der Waals surface area contributed by atoms with Crippen molar-refractivity contribution in [1.29, 1.82) is 0 Å². The van der Waals surface area contributed by atoms with Crippen LogP contribution >= 0.6 is 0 Å². The molecule has 0 spiro atoms. The number of benzene rings is 1. The lowest BCUT2D eigenvalue weighted by Crippen LogP contribution is -2.49. The predicted molar refractivity (Wildman–Crippen MR) is 134 cm³/mol. The zero-order valence-electron chi connectivity index (χ0n) is 21.2. The van der Waals surface area contributed by atoms with Gasteiger partial charge in [-0.05, 0) is 63.0 Å². The van der Waals surface area contributed by atoms with E-state index >= 15 is 0 Å². The molecule has 2 fully saturated rings. The van der Waals surface area contributed by atoms with E-state index in [2.05, 4.69) is 4.98 Å². The van der Waals surface area contributed by atoms with Crippen LogP contribution in [0.1, 0.15) is 75.6 Å². The van der Waals surface area contributed by atoms with Gasteiger partial charge in [-0.25, -0.2) is 4.79 Å². The number of methoxy groups -OCH3 is 1. The molecule has 1 aromatic carbocycles. The van der Waals surface area contributed by atoms with Crippen LogP contribution in [-0.4, -0.2) is 53.8 Å². The van der Waals surface area contributed by atoms with Gasteiger partial charge in [-0.3, -0.25) is 9.59 Å². The molecule has 0 saturated heterocycles. The molecule has 1 aromatic heterocycles. The summed E-state index contributed by atoms with van der Waals surface area (Å²) in [6.07, 6.45) is 11.3. The Morgan fingerprint density at radius 1 is 1.09 bits per heavy atom. The quantitative estimate of drug-likeness (QED) is 0.288. The molecule has 2 aromatic rings. The monoisotopic (exact) mass is 482 g/mol. The molecule has 4 rings (SSSR count). The van der Waals surface area contributed by atoms with E-state index in [4.69, 9.17) is 9.47 Å². The first-order valence-corrected chi connectivity index (χ1v) is 13.1. The molecular formula is C28H38N2O5. The normalized spacial score (nSPS) is 21.2. The summed E-state index contributed by atoms with van der Waals surface area (Å²) in [4.78, 5) is 44.1. The molecule has 0 radical (unpaired) electrons. The number of ketones is 1. The van der Waals surface area contributed by atoms with Gasteiger partial charge in [0.05, 0.1) is 19.3 Å². The molecule has 3 atom stereocenters. The Kier molecular flexibility index (Phi) is 8.14. The number of aromatic nitrogens is 1. The first-order valence-electron chi connectivity index (χ1n) is 13.1. The maximum absolute atomic E-state index is 13.6. The minimum Gasteiger partial charge on any atom is -0.497 e. The number of nitrogens with one attached hydrogen (secondary N) is 1. The Morgan fingerprint density at radius 2 is 1.80 bits per heavy atom. The van der Waals surface area contributed by atoms with E-state index in [-0.39, 0.29) is 12.5 Å². The summed E-state index contributed by atoms with van der Waals surface area (Å²) in [5.74, 6) is 0.748. The maximum Gasteiger partial charge on any atom is 0.328 e. The van der Waals surface area contributed by atoms with Crippen LogP contribution in [0.25, 0.3) is 10.9 Å². The van der Waals surface area contributed by atoms with Crippen molar-refractivity contribution in [3.63, 3.8) is 0 Å². The van der Waals surface area contributed by atoms with Crippen molar-refractivity contribution in [1.82, 2.24) is 9.88 Å². The Bertz CT molecular complexity index is 1060. The number of amides is 1. The van der Waals surface area contributed by atoms with Crippen molar-refractivity contribution in [3.8, 4) is 5.75 Å². The number of fused-ring (bicyclic) bond motifs is 1. The van der Waals surface area contributed by atoms with E-state index in [1.54, 1.807) is 45.4 Å². The Labute approximate surface area is 207 Å². The lowest BCUT2D eigenvalue weighted by molar-refractivity contribution is -0.153. The second-order valence-corrected chi connectivity index (χ2v) is 10.3. The molecule has 190 valence electrons. The largest absolute Gasteiger partial charge is 0.497 e. The van der Waals surface area contributed by atoms with Gasteiger partial charge >= 0.3 is 5.97 Å². The summed E-state index contributed by atoms with van der Waals surface area (Å²) >= 11 is 0. The Hall–Kier alpha value is -2.83. The van der Waals surface area contributed by atoms with Gasteiger partial charge < -0.3 is 19.4 Å². The number of hydrogen-bond donors (Lipinski definition) is 1. The third-order valence-corrected chi connectivity index (χ3v) is 7.92. The van der Waals surface area contributed by atoms with Crippen LogP contribution in [-0.2, 0) is 14.3 Å². The minimum absolute atomic E-state index is 0.232. The summed E-state index contributed by atoms with van der Waals surface area (Å²) < 4.78 is 10.5. The van der Waals surface area contributed by atoms with Gasteiger partial charge in [0.2, 0.25) is 0 Å². The van der Waals surface area contributed by atoms with Crippen molar-refractivity contribution >= 4 is 28.6 Å². The highest BCUT2D eigenvalue weighted by atomic mass is 16.5. The average molecular weight is 483 g/mol. The van der Waals surface area contributed by atoms with E-state index in [1.807, 2.05) is 0 Å². The summed E-state index contributed by atoms with van der Waals surface area (Å²) in [5.41, 5.74) is 1.02. The second kappa shape index (κ2) is 11.3. The second-order valence-electron chi connectivity index (χ2n) is 10.3. The molecule has 1 amide bonds. The first kappa shape index (κ1) is 25.3. The fraction of sp³-hybridized carbons (Fsp3) is 0.607. The van der Waals surface area contributed by atoms with E-state index in [1.165, 1.54) is 37.0 Å². The van der Waals surface area contributed by atoms with E-state index in [0.29, 0.717) is 29.2 Å². The van der Waals surface area contributed by atoms with Crippen LogP contribution in [0.15, 0.2) is 24.4 Å². The molecule has 7 nitrogen and oxygen atoms in total. The van der Waals surface area contributed by atoms with Gasteiger partial charge in [0.15, 0.2) is 0 Å². The minimum atomic E-state index is -0.816. The van der Waals surface area contributed by atoms with Crippen molar-refractivity contribution in [2.45, 2.75) is 71.3 Å². The first-order chi connectivity index (χ1) is 16.9. The molecule has 3 unspecified atom stereocenters. The smallest absolute Gasteiger partial charge is 0.328 e. The van der Waals surface area contributed by atoms with Gasteiger partial charge in [-0.15, -0.1) is 0 Å². The van der Waals surface area contributed by atoms with Gasteiger partial charge in [0.25, 0.3) is 11.7 Å². The lowest BCUT2D eigenvalue weighted by Gasteiger charge is -2.37. The molecule has 0 bridgehead atoms. The fourth-order valence-corrected chi connectivity index (χ4v) is 5.73.